The molecule has 0 aromatic carbocycles. The molecule has 0 amide bonds. The number of nitrogens with zero attached hydrogens (tertiary/aromatic N) is 2. The topological polar surface area (TPSA) is 75.9 Å². The lowest BCUT2D eigenvalue weighted by molar-refractivity contribution is 0.472. The summed E-state index contributed by atoms with van der Waals surface area (Å²) in [4.78, 5) is 8.97. The highest BCUT2D eigenvalue weighted by Gasteiger charge is 2.21. The maximum Gasteiger partial charge on any atom is 0.145 e. The second-order valence-corrected chi connectivity index (χ2v) is 6.45. The van der Waals surface area contributed by atoms with Crippen LogP contribution in [0.15, 0.2) is 6.07 Å². The Morgan fingerprint density at radius 3 is 2.85 bits per heavy atom. The Morgan fingerprint density at radius 1 is 1.35 bits per heavy atom. The molecule has 0 aliphatic heterocycles. The molecule has 2 rings (SSSR count). The van der Waals surface area contributed by atoms with Crippen LogP contribution in [0.25, 0.3) is 0 Å². The first-order valence-electron chi connectivity index (χ1n) is 7.39. The molecule has 1 aromatic rings. The first kappa shape index (κ1) is 15.4. The summed E-state index contributed by atoms with van der Waals surface area (Å²) in [6.45, 7) is 2.13. The number of thioether (sulfide) groups is 1. The Hall–Kier alpha value is -1.01. The normalized spacial score (nSPS) is 22.6. The van der Waals surface area contributed by atoms with Crippen LogP contribution in [0.4, 0.5) is 11.6 Å². The highest BCUT2D eigenvalue weighted by atomic mass is 32.2. The zero-order chi connectivity index (χ0) is 14.4. The van der Waals surface area contributed by atoms with E-state index in [4.69, 9.17) is 5.84 Å². The van der Waals surface area contributed by atoms with Crippen molar-refractivity contribution < 1.29 is 0 Å². The van der Waals surface area contributed by atoms with Crippen LogP contribution >= 0.6 is 11.8 Å². The van der Waals surface area contributed by atoms with Gasteiger partial charge in [-0.3, -0.25) is 0 Å². The molecule has 20 heavy (non-hydrogen) atoms. The van der Waals surface area contributed by atoms with Crippen molar-refractivity contribution in [1.82, 2.24) is 9.97 Å². The van der Waals surface area contributed by atoms with Gasteiger partial charge in [0, 0.05) is 23.8 Å². The molecule has 1 aliphatic rings. The number of nitrogens with two attached hydrogens (primary N) is 1. The Bertz CT molecular complexity index is 426. The summed E-state index contributed by atoms with van der Waals surface area (Å²) >= 11 is 1.97. The van der Waals surface area contributed by atoms with Crippen LogP contribution in [-0.2, 0) is 6.42 Å². The molecule has 5 nitrogen and oxygen atoms in total. The highest BCUT2D eigenvalue weighted by Crippen LogP contribution is 2.28. The second-order valence-electron chi connectivity index (χ2n) is 5.31. The van der Waals surface area contributed by atoms with Gasteiger partial charge < -0.3 is 10.7 Å². The summed E-state index contributed by atoms with van der Waals surface area (Å²) in [5.41, 5.74) is 2.63. The molecule has 1 saturated carbocycles. The summed E-state index contributed by atoms with van der Waals surface area (Å²) < 4.78 is 0. The van der Waals surface area contributed by atoms with E-state index in [9.17, 15) is 0 Å². The Morgan fingerprint density at radius 2 is 2.15 bits per heavy atom. The van der Waals surface area contributed by atoms with Crippen molar-refractivity contribution in [2.75, 3.05) is 17.0 Å². The maximum atomic E-state index is 5.49. The molecular formula is C14H25N5S. The van der Waals surface area contributed by atoms with Crippen LogP contribution in [0.2, 0.25) is 0 Å². The molecule has 4 N–H and O–H groups in total. The number of aryl methyl sites for hydroxylation is 1. The van der Waals surface area contributed by atoms with Gasteiger partial charge in [-0.1, -0.05) is 13.3 Å². The lowest BCUT2D eigenvalue weighted by Crippen LogP contribution is -2.29. The molecule has 0 spiro atoms. The third-order valence-corrected chi connectivity index (χ3v) is 4.80. The molecule has 1 heterocycles. The zero-order valence-corrected chi connectivity index (χ0v) is 13.2. The Kier molecular flexibility index (Phi) is 5.91. The minimum Gasteiger partial charge on any atom is -0.367 e. The lowest BCUT2D eigenvalue weighted by Gasteiger charge is -2.29. The third-order valence-electron chi connectivity index (χ3n) is 3.71. The van der Waals surface area contributed by atoms with Crippen molar-refractivity contribution >= 4 is 23.4 Å². The van der Waals surface area contributed by atoms with Crippen LogP contribution in [0.1, 0.15) is 44.9 Å². The number of nitrogens with one attached hydrogen (secondary N) is 2. The molecule has 1 fully saturated rings. The van der Waals surface area contributed by atoms with E-state index in [2.05, 4.69) is 33.9 Å². The van der Waals surface area contributed by atoms with Gasteiger partial charge in [0.05, 0.1) is 0 Å². The van der Waals surface area contributed by atoms with E-state index in [1.165, 1.54) is 25.7 Å². The number of hydrazine groups is 1. The molecule has 1 aliphatic carbocycles. The molecule has 2 atom stereocenters. The summed E-state index contributed by atoms with van der Waals surface area (Å²) in [6.07, 6.45) is 9.16. The van der Waals surface area contributed by atoms with E-state index < -0.39 is 0 Å². The molecule has 1 aromatic heterocycles. The largest absolute Gasteiger partial charge is 0.367 e. The van der Waals surface area contributed by atoms with Gasteiger partial charge in [0.15, 0.2) is 0 Å². The lowest BCUT2D eigenvalue weighted by atomic mass is 9.95. The number of nitrogen functional groups attached to an aromatic ring is 1. The number of aromatic nitrogens is 2. The molecule has 2 unspecified atom stereocenters. The van der Waals surface area contributed by atoms with Crippen molar-refractivity contribution in [2.24, 2.45) is 5.84 Å². The first-order chi connectivity index (χ1) is 9.75. The van der Waals surface area contributed by atoms with Gasteiger partial charge in [0.2, 0.25) is 0 Å². The third kappa shape index (κ3) is 4.24. The Labute approximate surface area is 125 Å². The highest BCUT2D eigenvalue weighted by molar-refractivity contribution is 7.99. The smallest absolute Gasteiger partial charge is 0.145 e. The number of hydrogen-bond donors (Lipinski definition) is 3. The molecule has 0 saturated heterocycles. The predicted octanol–water partition coefficient (Wildman–Crippen LogP) is 2.80. The summed E-state index contributed by atoms with van der Waals surface area (Å²) in [7, 11) is 0. The van der Waals surface area contributed by atoms with Gasteiger partial charge in [-0.2, -0.15) is 11.8 Å². The van der Waals surface area contributed by atoms with Crippen molar-refractivity contribution in [3.05, 3.63) is 11.9 Å². The van der Waals surface area contributed by atoms with E-state index in [-0.39, 0.29) is 0 Å². The van der Waals surface area contributed by atoms with E-state index in [0.717, 1.165) is 29.7 Å². The quantitative estimate of drug-likeness (QED) is 0.553. The standard InChI is InChI=1S/C14H25N5S/c1-3-5-12-17-13(9-14(18-12)19-15)16-10-6-4-7-11(8-10)20-2/h9-11H,3-8,15H2,1-2H3,(H2,16,17,18,19). The van der Waals surface area contributed by atoms with Gasteiger partial charge in [-0.05, 0) is 31.9 Å². The fraction of sp³-hybridized carbons (Fsp3) is 0.714. The summed E-state index contributed by atoms with van der Waals surface area (Å²) in [5, 5.41) is 4.33. The van der Waals surface area contributed by atoms with Crippen molar-refractivity contribution in [1.29, 1.82) is 0 Å². The SMILES string of the molecule is CCCc1nc(NN)cc(NC2CCCC(SC)C2)n1. The average molecular weight is 295 g/mol. The van der Waals surface area contributed by atoms with Gasteiger partial charge >= 0.3 is 0 Å². The zero-order valence-electron chi connectivity index (χ0n) is 12.4. The van der Waals surface area contributed by atoms with Crippen LogP contribution in [0, 0.1) is 0 Å². The summed E-state index contributed by atoms with van der Waals surface area (Å²) in [6, 6.07) is 2.40. The second kappa shape index (κ2) is 7.69. The van der Waals surface area contributed by atoms with Crippen molar-refractivity contribution in [3.63, 3.8) is 0 Å². The van der Waals surface area contributed by atoms with E-state index in [0.29, 0.717) is 11.9 Å². The molecule has 112 valence electrons. The molecule has 0 bridgehead atoms. The maximum absolute atomic E-state index is 5.49. The monoisotopic (exact) mass is 295 g/mol. The fourth-order valence-corrected chi connectivity index (χ4v) is 3.51. The summed E-state index contributed by atoms with van der Waals surface area (Å²) in [5.74, 6) is 7.91. The van der Waals surface area contributed by atoms with Gasteiger partial charge in [-0.25, -0.2) is 15.8 Å². The average Bonchev–Trinajstić information content (AvgIpc) is 2.47. The molecular weight excluding hydrogens is 270 g/mol. The number of hydrogen-bond acceptors (Lipinski definition) is 6. The molecule has 0 radical (unpaired) electrons. The van der Waals surface area contributed by atoms with Crippen LogP contribution < -0.4 is 16.6 Å². The number of anilines is 2. The minimum atomic E-state index is 0.510. The van der Waals surface area contributed by atoms with Gasteiger partial charge in [0.25, 0.3) is 0 Å². The van der Waals surface area contributed by atoms with E-state index >= 15 is 0 Å². The van der Waals surface area contributed by atoms with E-state index in [1.807, 2.05) is 17.8 Å². The predicted molar refractivity (Wildman–Crippen MR) is 87.0 cm³/mol. The van der Waals surface area contributed by atoms with Gasteiger partial charge in [-0.15, -0.1) is 0 Å². The van der Waals surface area contributed by atoms with Crippen molar-refractivity contribution in [2.45, 2.75) is 56.7 Å². The number of rotatable bonds is 6. The van der Waals surface area contributed by atoms with Gasteiger partial charge in [0.1, 0.15) is 17.5 Å². The van der Waals surface area contributed by atoms with E-state index in [1.54, 1.807) is 0 Å². The fourth-order valence-electron chi connectivity index (χ4n) is 2.68. The van der Waals surface area contributed by atoms with Crippen molar-refractivity contribution in [3.8, 4) is 0 Å². The Balaban J connectivity index is 2.05. The van der Waals surface area contributed by atoms with Crippen LogP contribution in [0.3, 0.4) is 0 Å². The first-order valence-corrected chi connectivity index (χ1v) is 8.67. The van der Waals surface area contributed by atoms with Crippen LogP contribution in [-0.4, -0.2) is 27.5 Å². The minimum absolute atomic E-state index is 0.510. The molecule has 6 heteroatoms. The van der Waals surface area contributed by atoms with Crippen LogP contribution in [0.5, 0.6) is 0 Å².